The normalized spacial score (nSPS) is 33.9. The SMILES string of the molecule is C=CC(=O)OCCCC1CCC(C2CCC(C(=O)O[C@@H]3CCCC[C@H]3OC(=O)C3CCC(C4CCC(CCCOC(=O)C=C)CC4)CC3)CC2)CC1. The third-order valence-electron chi connectivity index (χ3n) is 13.8. The fourth-order valence-electron chi connectivity index (χ4n) is 10.6. The van der Waals surface area contributed by atoms with Crippen molar-refractivity contribution in [3.63, 3.8) is 0 Å². The lowest BCUT2D eigenvalue weighted by molar-refractivity contribution is -0.178. The van der Waals surface area contributed by atoms with Gasteiger partial charge in [0.1, 0.15) is 12.2 Å². The van der Waals surface area contributed by atoms with Gasteiger partial charge in [-0.2, -0.15) is 0 Å². The molecular formula is C44H68O8. The molecular weight excluding hydrogens is 656 g/mol. The van der Waals surface area contributed by atoms with E-state index in [9.17, 15) is 19.2 Å². The first-order chi connectivity index (χ1) is 25.3. The molecule has 0 aliphatic heterocycles. The van der Waals surface area contributed by atoms with Gasteiger partial charge in [-0.25, -0.2) is 9.59 Å². The van der Waals surface area contributed by atoms with Gasteiger partial charge in [0.2, 0.25) is 0 Å². The molecule has 0 heterocycles. The molecule has 5 aliphatic carbocycles. The number of rotatable bonds is 16. The van der Waals surface area contributed by atoms with E-state index in [1.165, 1.54) is 63.5 Å². The van der Waals surface area contributed by atoms with Crippen molar-refractivity contribution in [2.24, 2.45) is 47.3 Å². The summed E-state index contributed by atoms with van der Waals surface area (Å²) in [7, 11) is 0. The van der Waals surface area contributed by atoms with Crippen molar-refractivity contribution >= 4 is 23.9 Å². The molecule has 0 aromatic carbocycles. The molecule has 0 saturated heterocycles. The molecule has 5 aliphatic rings. The van der Waals surface area contributed by atoms with Crippen LogP contribution in [0.2, 0.25) is 0 Å². The van der Waals surface area contributed by atoms with Crippen molar-refractivity contribution in [1.29, 1.82) is 0 Å². The first kappa shape index (κ1) is 40.5. The molecule has 0 amide bonds. The predicted octanol–water partition coefficient (Wildman–Crippen LogP) is 9.63. The van der Waals surface area contributed by atoms with Crippen LogP contribution in [0.5, 0.6) is 0 Å². The minimum atomic E-state index is -0.334. The van der Waals surface area contributed by atoms with Gasteiger partial charge >= 0.3 is 23.9 Å². The predicted molar refractivity (Wildman–Crippen MR) is 201 cm³/mol. The van der Waals surface area contributed by atoms with Gasteiger partial charge in [-0.15, -0.1) is 0 Å². The van der Waals surface area contributed by atoms with Crippen molar-refractivity contribution in [2.75, 3.05) is 13.2 Å². The molecule has 0 unspecified atom stereocenters. The molecule has 5 saturated carbocycles. The highest BCUT2D eigenvalue weighted by Crippen LogP contribution is 2.44. The van der Waals surface area contributed by atoms with Crippen molar-refractivity contribution in [3.05, 3.63) is 25.3 Å². The summed E-state index contributed by atoms with van der Waals surface area (Å²) in [4.78, 5) is 49.3. The van der Waals surface area contributed by atoms with Gasteiger partial charge < -0.3 is 18.9 Å². The number of ether oxygens (including phenoxy) is 4. The largest absolute Gasteiger partial charge is 0.463 e. The minimum Gasteiger partial charge on any atom is -0.463 e. The van der Waals surface area contributed by atoms with Crippen molar-refractivity contribution in [2.45, 2.75) is 166 Å². The third kappa shape index (κ3) is 12.5. The summed E-state index contributed by atoms with van der Waals surface area (Å²) in [6.45, 7) is 7.87. The second-order valence-electron chi connectivity index (χ2n) is 17.0. The van der Waals surface area contributed by atoms with Crippen molar-refractivity contribution in [3.8, 4) is 0 Å². The smallest absolute Gasteiger partial charge is 0.330 e. The van der Waals surface area contributed by atoms with E-state index in [4.69, 9.17) is 18.9 Å². The van der Waals surface area contributed by atoms with Crippen LogP contribution in [0.3, 0.4) is 0 Å². The molecule has 52 heavy (non-hydrogen) atoms. The van der Waals surface area contributed by atoms with Crippen LogP contribution < -0.4 is 0 Å². The lowest BCUT2D eigenvalue weighted by atomic mass is 9.68. The van der Waals surface area contributed by atoms with Gasteiger partial charge in [0.25, 0.3) is 0 Å². The van der Waals surface area contributed by atoms with Crippen molar-refractivity contribution < 1.29 is 38.1 Å². The van der Waals surface area contributed by atoms with E-state index < -0.39 is 0 Å². The molecule has 5 rings (SSSR count). The zero-order chi connectivity index (χ0) is 36.7. The summed E-state index contributed by atoms with van der Waals surface area (Å²) >= 11 is 0. The maximum atomic E-state index is 13.4. The average molecular weight is 725 g/mol. The van der Waals surface area contributed by atoms with Gasteiger partial charge in [-0.1, -0.05) is 38.8 Å². The van der Waals surface area contributed by atoms with E-state index in [-0.39, 0.29) is 47.9 Å². The Balaban J connectivity index is 0.953. The second-order valence-corrected chi connectivity index (χ2v) is 17.0. The maximum Gasteiger partial charge on any atom is 0.330 e. The van der Waals surface area contributed by atoms with E-state index in [1.54, 1.807) is 0 Å². The van der Waals surface area contributed by atoms with Crippen LogP contribution in [0.25, 0.3) is 0 Å². The minimum absolute atomic E-state index is 0.0310. The van der Waals surface area contributed by atoms with E-state index in [0.29, 0.717) is 25.0 Å². The fourth-order valence-corrected chi connectivity index (χ4v) is 10.6. The third-order valence-corrected chi connectivity index (χ3v) is 13.8. The number of hydrogen-bond acceptors (Lipinski definition) is 8. The van der Waals surface area contributed by atoms with Gasteiger partial charge in [-0.3, -0.25) is 9.59 Å². The van der Waals surface area contributed by atoms with Crippen LogP contribution >= 0.6 is 0 Å². The molecule has 0 aromatic rings. The molecule has 0 bridgehead atoms. The standard InChI is InChI=1S/C44H68O8/c1-3-41(45)49-29-7-9-31-13-17-33(18-14-31)35-21-25-37(26-22-35)43(47)51-39-11-5-6-12-40(39)52-44(48)38-27-23-36(24-28-38)34-19-15-32(16-20-34)10-8-30-50-42(46)4-2/h3-4,31-40H,1-2,5-30H2/t31?,32?,33?,34?,35?,36?,37?,38?,39-,40-/m1/s1. The van der Waals surface area contributed by atoms with Gasteiger partial charge in [-0.05, 0) is 164 Å². The Bertz CT molecular complexity index is 1060. The van der Waals surface area contributed by atoms with E-state index in [2.05, 4.69) is 13.2 Å². The number of esters is 4. The molecule has 0 spiro atoms. The molecule has 8 nitrogen and oxygen atoms in total. The Hall–Kier alpha value is -2.64. The van der Waals surface area contributed by atoms with E-state index in [1.807, 2.05) is 0 Å². The van der Waals surface area contributed by atoms with Crippen LogP contribution in [0.15, 0.2) is 25.3 Å². The molecule has 5 fully saturated rings. The van der Waals surface area contributed by atoms with Crippen LogP contribution in [0.4, 0.5) is 0 Å². The summed E-state index contributed by atoms with van der Waals surface area (Å²) in [5, 5.41) is 0. The van der Waals surface area contributed by atoms with Crippen LogP contribution in [0.1, 0.15) is 154 Å². The Kier molecular flexibility index (Phi) is 16.6. The molecule has 292 valence electrons. The molecule has 0 radical (unpaired) electrons. The van der Waals surface area contributed by atoms with Crippen LogP contribution in [-0.2, 0) is 38.1 Å². The quantitative estimate of drug-likeness (QED) is 0.0671. The number of carbonyl (C=O) groups excluding carboxylic acids is 4. The first-order valence-corrected chi connectivity index (χ1v) is 21.3. The fraction of sp³-hybridized carbons (Fsp3) is 0.818. The molecule has 0 N–H and O–H groups in total. The first-order valence-electron chi connectivity index (χ1n) is 21.3. The summed E-state index contributed by atoms with van der Waals surface area (Å²) in [6.07, 6.45) is 27.7. The van der Waals surface area contributed by atoms with E-state index >= 15 is 0 Å². The van der Waals surface area contributed by atoms with Gasteiger partial charge in [0, 0.05) is 12.2 Å². The lowest BCUT2D eigenvalue weighted by Crippen LogP contribution is -2.41. The Morgan fingerprint density at radius 1 is 0.462 bits per heavy atom. The highest BCUT2D eigenvalue weighted by Gasteiger charge is 2.39. The van der Waals surface area contributed by atoms with E-state index in [0.717, 1.165) is 126 Å². The highest BCUT2D eigenvalue weighted by molar-refractivity contribution is 5.81. The number of carbonyl (C=O) groups is 4. The summed E-state index contributed by atoms with van der Waals surface area (Å²) in [6, 6.07) is 0. The topological polar surface area (TPSA) is 105 Å². The van der Waals surface area contributed by atoms with Gasteiger partial charge in [0.15, 0.2) is 0 Å². The monoisotopic (exact) mass is 724 g/mol. The summed E-state index contributed by atoms with van der Waals surface area (Å²) in [5.74, 6) is 3.53. The molecule has 8 heteroatoms. The lowest BCUT2D eigenvalue weighted by Gasteiger charge is -2.39. The van der Waals surface area contributed by atoms with Crippen molar-refractivity contribution in [1.82, 2.24) is 0 Å². The highest BCUT2D eigenvalue weighted by atomic mass is 16.6. The average Bonchev–Trinajstić information content (AvgIpc) is 3.19. The van der Waals surface area contributed by atoms with Crippen LogP contribution in [-0.4, -0.2) is 49.3 Å². The molecule has 0 aromatic heterocycles. The second kappa shape index (κ2) is 21.3. The molecule has 2 atom stereocenters. The zero-order valence-electron chi connectivity index (χ0n) is 32.0. The zero-order valence-corrected chi connectivity index (χ0v) is 32.0. The summed E-state index contributed by atoms with van der Waals surface area (Å²) < 4.78 is 22.6. The Morgan fingerprint density at radius 3 is 1.12 bits per heavy atom. The summed E-state index contributed by atoms with van der Waals surface area (Å²) in [5.41, 5.74) is 0. The number of hydrogen-bond donors (Lipinski definition) is 0. The maximum absolute atomic E-state index is 13.4. The van der Waals surface area contributed by atoms with Crippen LogP contribution in [0, 0.1) is 47.3 Å². The van der Waals surface area contributed by atoms with Gasteiger partial charge in [0.05, 0.1) is 25.0 Å². The Labute approximate surface area is 313 Å². The Morgan fingerprint density at radius 2 is 0.788 bits per heavy atom.